The third kappa shape index (κ3) is 3.72. The molecule has 0 fully saturated rings. The molecule has 2 aromatic carbocycles. The Morgan fingerprint density at radius 1 is 1.30 bits per heavy atom. The van der Waals surface area contributed by atoms with Gasteiger partial charge in [-0.3, -0.25) is 0 Å². The zero-order valence-corrected chi connectivity index (χ0v) is 14.0. The van der Waals surface area contributed by atoms with Crippen LogP contribution in [-0.2, 0) is 0 Å². The van der Waals surface area contributed by atoms with Gasteiger partial charge in [-0.25, -0.2) is 0 Å². The second-order valence-electron chi connectivity index (χ2n) is 4.48. The molecule has 0 aliphatic heterocycles. The van der Waals surface area contributed by atoms with Crippen LogP contribution in [-0.4, -0.2) is 4.99 Å². The minimum Gasteiger partial charge on any atom is -0.389 e. The lowest BCUT2D eigenvalue weighted by molar-refractivity contribution is 0.884. The first kappa shape index (κ1) is 15.3. The second-order valence-corrected chi connectivity index (χ2v) is 6.27. The molecule has 0 saturated carbocycles. The summed E-state index contributed by atoms with van der Waals surface area (Å²) in [7, 11) is 0. The molecule has 0 aliphatic carbocycles. The number of thiocarbonyl (C=S) groups is 1. The van der Waals surface area contributed by atoms with Crippen LogP contribution in [0.4, 0.5) is 5.69 Å². The molecule has 0 radical (unpaired) electrons. The fourth-order valence-electron chi connectivity index (χ4n) is 1.94. The van der Waals surface area contributed by atoms with E-state index in [9.17, 15) is 0 Å². The molecule has 2 aromatic rings. The molecule has 0 bridgehead atoms. The number of anilines is 1. The van der Waals surface area contributed by atoms with Crippen molar-refractivity contribution in [2.45, 2.75) is 13.0 Å². The molecule has 2 rings (SSSR count). The Bertz CT molecular complexity index is 646. The average Bonchev–Trinajstić information content (AvgIpc) is 2.38. The molecule has 0 aromatic heterocycles. The van der Waals surface area contributed by atoms with E-state index in [-0.39, 0.29) is 6.04 Å². The molecule has 1 unspecified atom stereocenters. The zero-order chi connectivity index (χ0) is 14.7. The van der Waals surface area contributed by atoms with E-state index in [1.54, 1.807) is 0 Å². The van der Waals surface area contributed by atoms with E-state index in [1.165, 1.54) is 0 Å². The predicted molar refractivity (Wildman–Crippen MR) is 93.5 cm³/mol. The highest BCUT2D eigenvalue weighted by atomic mass is 79.9. The Morgan fingerprint density at radius 2 is 2.05 bits per heavy atom. The maximum atomic E-state index is 6.02. The van der Waals surface area contributed by atoms with Gasteiger partial charge in [-0.1, -0.05) is 51.9 Å². The number of hydrogen-bond donors (Lipinski definition) is 2. The van der Waals surface area contributed by atoms with Gasteiger partial charge in [0.1, 0.15) is 4.99 Å². The molecule has 1 atom stereocenters. The molecule has 0 spiro atoms. The molecule has 0 heterocycles. The van der Waals surface area contributed by atoms with Crippen LogP contribution in [0.1, 0.15) is 24.1 Å². The highest BCUT2D eigenvalue weighted by Gasteiger charge is 2.11. The van der Waals surface area contributed by atoms with Crippen LogP contribution in [0.5, 0.6) is 0 Å². The standard InChI is InChI=1S/C15H14BrClN2S/c1-9(10-3-2-4-12(17)7-10)19-14-8-11(16)5-6-13(14)15(18)20/h2-9,19H,1H3,(H2,18,20). The first-order valence-corrected chi connectivity index (χ1v) is 7.66. The topological polar surface area (TPSA) is 38.0 Å². The Hall–Kier alpha value is -1.10. The van der Waals surface area contributed by atoms with Crippen molar-refractivity contribution in [3.05, 3.63) is 63.1 Å². The normalized spacial score (nSPS) is 11.9. The maximum Gasteiger partial charge on any atom is 0.106 e. The monoisotopic (exact) mass is 368 g/mol. The second kappa shape index (κ2) is 6.57. The maximum absolute atomic E-state index is 6.02. The molecule has 104 valence electrons. The molecule has 5 heteroatoms. The van der Waals surface area contributed by atoms with E-state index in [1.807, 2.05) is 42.5 Å². The van der Waals surface area contributed by atoms with Gasteiger partial charge in [-0.15, -0.1) is 0 Å². The smallest absolute Gasteiger partial charge is 0.106 e. The number of hydrogen-bond acceptors (Lipinski definition) is 2. The fraction of sp³-hybridized carbons (Fsp3) is 0.133. The van der Waals surface area contributed by atoms with Crippen molar-refractivity contribution in [2.75, 3.05) is 5.32 Å². The van der Waals surface area contributed by atoms with Crippen LogP contribution in [0.15, 0.2) is 46.9 Å². The molecule has 0 saturated heterocycles. The van der Waals surface area contributed by atoms with Gasteiger partial charge in [0.05, 0.1) is 0 Å². The van der Waals surface area contributed by atoms with Crippen LogP contribution < -0.4 is 11.1 Å². The van der Waals surface area contributed by atoms with Gasteiger partial charge in [0.2, 0.25) is 0 Å². The van der Waals surface area contributed by atoms with Crippen molar-refractivity contribution in [1.82, 2.24) is 0 Å². The summed E-state index contributed by atoms with van der Waals surface area (Å²) in [5, 5.41) is 4.14. The lowest BCUT2D eigenvalue weighted by Crippen LogP contribution is -2.15. The van der Waals surface area contributed by atoms with Crippen LogP contribution in [0.25, 0.3) is 0 Å². The summed E-state index contributed by atoms with van der Waals surface area (Å²) in [5.74, 6) is 0. The van der Waals surface area contributed by atoms with Gasteiger partial charge in [0.15, 0.2) is 0 Å². The molecule has 0 aliphatic rings. The quantitative estimate of drug-likeness (QED) is 0.752. The van der Waals surface area contributed by atoms with Gasteiger partial charge in [-0.05, 0) is 42.8 Å². The fourth-order valence-corrected chi connectivity index (χ4v) is 2.68. The van der Waals surface area contributed by atoms with Gasteiger partial charge < -0.3 is 11.1 Å². The minimum atomic E-state index is 0.0936. The van der Waals surface area contributed by atoms with Crippen molar-refractivity contribution < 1.29 is 0 Å². The SMILES string of the molecule is CC(Nc1cc(Br)ccc1C(N)=S)c1cccc(Cl)c1. The summed E-state index contributed by atoms with van der Waals surface area (Å²) < 4.78 is 0.971. The van der Waals surface area contributed by atoms with E-state index in [0.29, 0.717) is 4.99 Å². The third-order valence-corrected chi connectivity index (χ3v) is 3.92. The predicted octanol–water partition coefficient (Wildman–Crippen LogP) is 4.91. The highest BCUT2D eigenvalue weighted by molar-refractivity contribution is 9.10. The van der Waals surface area contributed by atoms with E-state index in [0.717, 1.165) is 26.3 Å². The zero-order valence-electron chi connectivity index (χ0n) is 10.9. The van der Waals surface area contributed by atoms with Crippen molar-refractivity contribution in [3.63, 3.8) is 0 Å². The lowest BCUT2D eigenvalue weighted by atomic mass is 10.1. The Kier molecular flexibility index (Phi) is 5.02. The Balaban J connectivity index is 2.29. The molecular formula is C15H14BrClN2S. The van der Waals surface area contributed by atoms with E-state index in [2.05, 4.69) is 28.2 Å². The summed E-state index contributed by atoms with van der Waals surface area (Å²) in [5.41, 5.74) is 8.59. The minimum absolute atomic E-state index is 0.0936. The average molecular weight is 370 g/mol. The summed E-state index contributed by atoms with van der Waals surface area (Å²) in [6.07, 6.45) is 0. The first-order chi connectivity index (χ1) is 9.47. The number of nitrogens with two attached hydrogens (primary N) is 1. The molecule has 3 N–H and O–H groups in total. The van der Waals surface area contributed by atoms with Gasteiger partial charge in [0, 0.05) is 26.8 Å². The number of benzene rings is 2. The van der Waals surface area contributed by atoms with Crippen molar-refractivity contribution in [1.29, 1.82) is 0 Å². The largest absolute Gasteiger partial charge is 0.389 e. The van der Waals surface area contributed by atoms with E-state index >= 15 is 0 Å². The molecule has 2 nitrogen and oxygen atoms in total. The third-order valence-electron chi connectivity index (χ3n) is 2.97. The number of rotatable bonds is 4. The van der Waals surface area contributed by atoms with E-state index in [4.69, 9.17) is 29.6 Å². The van der Waals surface area contributed by atoms with Crippen molar-refractivity contribution >= 4 is 50.4 Å². The van der Waals surface area contributed by atoms with E-state index < -0.39 is 0 Å². The molecule has 0 amide bonds. The number of halogens is 2. The van der Waals surface area contributed by atoms with Crippen molar-refractivity contribution in [2.24, 2.45) is 5.73 Å². The lowest BCUT2D eigenvalue weighted by Gasteiger charge is -2.18. The highest BCUT2D eigenvalue weighted by Crippen LogP contribution is 2.27. The Morgan fingerprint density at radius 3 is 2.70 bits per heavy atom. The van der Waals surface area contributed by atoms with Crippen LogP contribution in [0.3, 0.4) is 0 Å². The van der Waals surface area contributed by atoms with Gasteiger partial charge in [-0.2, -0.15) is 0 Å². The molecule has 20 heavy (non-hydrogen) atoms. The molecular weight excluding hydrogens is 356 g/mol. The van der Waals surface area contributed by atoms with Gasteiger partial charge >= 0.3 is 0 Å². The van der Waals surface area contributed by atoms with Crippen LogP contribution in [0.2, 0.25) is 5.02 Å². The number of nitrogens with one attached hydrogen (secondary N) is 1. The summed E-state index contributed by atoms with van der Waals surface area (Å²) in [6.45, 7) is 2.07. The van der Waals surface area contributed by atoms with Crippen LogP contribution in [0, 0.1) is 0 Å². The summed E-state index contributed by atoms with van der Waals surface area (Å²) in [4.78, 5) is 0.373. The van der Waals surface area contributed by atoms with Crippen LogP contribution >= 0.6 is 39.7 Å². The Labute approximate surface area is 137 Å². The van der Waals surface area contributed by atoms with Gasteiger partial charge in [0.25, 0.3) is 0 Å². The summed E-state index contributed by atoms with van der Waals surface area (Å²) >= 11 is 14.6. The summed E-state index contributed by atoms with van der Waals surface area (Å²) in [6, 6.07) is 13.7. The first-order valence-electron chi connectivity index (χ1n) is 6.08. The van der Waals surface area contributed by atoms with Crippen molar-refractivity contribution in [3.8, 4) is 0 Å².